The maximum Gasteiger partial charge on any atom is 0.0463 e. The fourth-order valence-corrected chi connectivity index (χ4v) is 10.3. The highest BCUT2D eigenvalue weighted by molar-refractivity contribution is 5.33. The second-order valence-corrected chi connectivity index (χ2v) is 31.0. The van der Waals surface area contributed by atoms with Crippen LogP contribution >= 0.6 is 0 Å². The quantitative estimate of drug-likeness (QED) is 0.0965. The van der Waals surface area contributed by atoms with Gasteiger partial charge in [-0.1, -0.05) is 313 Å². The molecule has 0 atom stereocenters. The minimum Gasteiger partial charge on any atom is -0.264 e. The number of aromatic nitrogens is 5. The van der Waals surface area contributed by atoms with Gasteiger partial charge in [0.1, 0.15) is 0 Å². The zero-order chi connectivity index (χ0) is 73.1. The minimum atomic E-state index is 0.531. The molecule has 0 saturated heterocycles. The van der Waals surface area contributed by atoms with Crippen LogP contribution in [-0.4, -0.2) is 24.9 Å². The van der Waals surface area contributed by atoms with E-state index in [9.17, 15) is 0 Å². The van der Waals surface area contributed by atoms with Crippen LogP contribution in [0.5, 0.6) is 0 Å². The molecule has 528 valence electrons. The Morgan fingerprint density at radius 1 is 0.188 bits per heavy atom. The third-order valence-corrected chi connectivity index (χ3v) is 17.2. The smallest absolute Gasteiger partial charge is 0.0463 e. The highest BCUT2D eigenvalue weighted by atomic mass is 14.7. The second kappa shape index (κ2) is 45.8. The van der Waals surface area contributed by atoms with Crippen molar-refractivity contribution in [2.75, 3.05) is 0 Å². The van der Waals surface area contributed by atoms with E-state index in [1.165, 1.54) is 89.4 Å². The van der Waals surface area contributed by atoms with Crippen molar-refractivity contribution in [1.29, 1.82) is 0 Å². The number of rotatable bonds is 16. The summed E-state index contributed by atoms with van der Waals surface area (Å²) in [6, 6.07) is 43.7. The zero-order valence-corrected chi connectivity index (χ0v) is 67.1. The van der Waals surface area contributed by atoms with Gasteiger partial charge in [-0.3, -0.25) is 24.9 Å². The van der Waals surface area contributed by atoms with Crippen molar-refractivity contribution in [1.82, 2.24) is 24.9 Å². The van der Waals surface area contributed by atoms with Crippen molar-refractivity contribution < 1.29 is 0 Å². The number of pyridine rings is 5. The lowest BCUT2D eigenvalue weighted by Crippen LogP contribution is -2.00. The van der Waals surface area contributed by atoms with Crippen molar-refractivity contribution in [3.63, 3.8) is 0 Å². The molecule has 0 N–H and O–H groups in total. The van der Waals surface area contributed by atoms with Crippen LogP contribution in [-0.2, 0) is 0 Å². The maximum atomic E-state index is 4.40. The van der Waals surface area contributed by atoms with E-state index in [4.69, 9.17) is 0 Å². The van der Waals surface area contributed by atoms with Crippen LogP contribution in [0.15, 0.2) is 165 Å². The number of nitrogens with zero attached hydrogens (tertiary/aromatic N) is 5. The summed E-state index contributed by atoms with van der Waals surface area (Å²) in [4.78, 5) is 21.5. The van der Waals surface area contributed by atoms with Gasteiger partial charge >= 0.3 is 0 Å². The molecular weight excluding hydrogens is 1160 g/mol. The van der Waals surface area contributed by atoms with Gasteiger partial charge in [0.15, 0.2) is 0 Å². The summed E-state index contributed by atoms with van der Waals surface area (Å²) in [7, 11) is 0. The van der Waals surface area contributed by atoms with E-state index in [1.54, 1.807) is 0 Å². The van der Waals surface area contributed by atoms with Crippen LogP contribution in [0.1, 0.15) is 406 Å². The maximum absolute atomic E-state index is 4.40. The van der Waals surface area contributed by atoms with Gasteiger partial charge in [-0.15, -0.1) is 0 Å². The SMILES string of the molecule is CC(C)c1ccc(C(C)C)cc1.CC(C)c1ccc(C(C)C)nc1.CC(C)c1cccc(C(C)C)c1.CC(C)c1ccccc1C(C)C.CC(C)c1cccnc1C(C)C.CC(C)c1ccnc(C(C)C)c1.CC(C)c1ccncc1C(C)C.CC(C)c1cncc(C(C)C)c1. The van der Waals surface area contributed by atoms with Crippen LogP contribution in [0, 0.1) is 0 Å². The molecule has 0 saturated carbocycles. The Labute approximate surface area is 591 Å². The molecule has 8 aromatic rings. The molecule has 0 unspecified atom stereocenters. The van der Waals surface area contributed by atoms with E-state index in [-0.39, 0.29) is 0 Å². The van der Waals surface area contributed by atoms with E-state index >= 15 is 0 Å². The van der Waals surface area contributed by atoms with E-state index in [2.05, 4.69) is 362 Å². The standard InChI is InChI=1S/3C12H18.5C11H17N/c1-9(2)11-5-7-12(8-6-11)10(3)4;1-9(2)11-6-5-7-12(8-11)10(3)4;1-9(2)11-7-5-6-8-12(11)10(3)4;1-8(2)10-5-11(9(3)4)7-12-6-10;1-8(2)10-5-6-12-7-11(10)9(3)4;1-8(2)10-5-6-12-11(7-10)9(3)4;1-8(2)10-5-6-11(9(3)4)12-7-10;1-8(2)10-6-5-7-12-11(10)9(3)4/h3*5-10H,1-4H3;5*5-9H,1-4H3. The Morgan fingerprint density at radius 2 is 0.562 bits per heavy atom. The predicted molar refractivity (Wildman–Crippen MR) is 426 cm³/mol. The summed E-state index contributed by atoms with van der Waals surface area (Å²) in [5, 5.41) is 0. The summed E-state index contributed by atoms with van der Waals surface area (Å²) in [6.07, 6.45) is 13.5. The van der Waals surface area contributed by atoms with Crippen LogP contribution in [0.2, 0.25) is 0 Å². The third kappa shape index (κ3) is 33.1. The number of benzene rings is 3. The van der Waals surface area contributed by atoms with Gasteiger partial charge < -0.3 is 0 Å². The molecule has 0 radical (unpaired) electrons. The van der Waals surface area contributed by atoms with Crippen molar-refractivity contribution in [3.05, 3.63) is 254 Å². The lowest BCUT2D eigenvalue weighted by atomic mass is 9.91. The van der Waals surface area contributed by atoms with Crippen molar-refractivity contribution in [3.8, 4) is 0 Å². The fourth-order valence-electron chi connectivity index (χ4n) is 10.3. The molecule has 96 heavy (non-hydrogen) atoms. The molecule has 0 spiro atoms. The van der Waals surface area contributed by atoms with Crippen molar-refractivity contribution in [2.45, 2.75) is 316 Å². The fraction of sp³-hybridized carbons (Fsp3) is 0.527. The van der Waals surface area contributed by atoms with Gasteiger partial charge in [0.2, 0.25) is 0 Å². The molecule has 5 aromatic heterocycles. The minimum absolute atomic E-state index is 0.531. The van der Waals surface area contributed by atoms with Crippen LogP contribution in [0.25, 0.3) is 0 Å². The molecule has 5 heteroatoms. The first-order valence-electron chi connectivity index (χ1n) is 37.0. The largest absolute Gasteiger partial charge is 0.264 e. The lowest BCUT2D eigenvalue weighted by molar-refractivity contribution is 0.757. The number of hydrogen-bond donors (Lipinski definition) is 0. The molecule has 0 fully saturated rings. The Kier molecular flexibility index (Phi) is 41.7. The summed E-state index contributed by atoms with van der Waals surface area (Å²) < 4.78 is 0. The Morgan fingerprint density at radius 3 is 0.906 bits per heavy atom. The average Bonchev–Trinajstić information content (AvgIpc) is 0.912. The van der Waals surface area contributed by atoms with Gasteiger partial charge in [-0.2, -0.15) is 0 Å². The van der Waals surface area contributed by atoms with Crippen LogP contribution < -0.4 is 0 Å². The Hall–Kier alpha value is -6.59. The molecule has 0 amide bonds. The Bertz CT molecular complexity index is 2770. The summed E-state index contributed by atoms with van der Waals surface area (Å²) in [5.41, 5.74) is 21.9. The first-order valence-corrected chi connectivity index (χ1v) is 37.0. The van der Waals surface area contributed by atoms with Crippen molar-refractivity contribution >= 4 is 0 Å². The van der Waals surface area contributed by atoms with Gasteiger partial charge in [0.05, 0.1) is 0 Å². The second-order valence-electron chi connectivity index (χ2n) is 31.0. The summed E-state index contributed by atoms with van der Waals surface area (Å²) >= 11 is 0. The highest BCUT2D eigenvalue weighted by Crippen LogP contribution is 2.29. The molecule has 0 aliphatic carbocycles. The highest BCUT2D eigenvalue weighted by Gasteiger charge is 2.13. The third-order valence-electron chi connectivity index (χ3n) is 17.2. The molecule has 0 aliphatic rings. The summed E-state index contributed by atoms with van der Waals surface area (Å²) in [6.45, 7) is 70.8. The van der Waals surface area contributed by atoms with Gasteiger partial charge in [0, 0.05) is 60.5 Å². The molecule has 5 nitrogen and oxygen atoms in total. The van der Waals surface area contributed by atoms with Crippen molar-refractivity contribution in [2.24, 2.45) is 0 Å². The van der Waals surface area contributed by atoms with E-state index in [1.807, 2.05) is 49.4 Å². The first kappa shape index (κ1) is 87.4. The van der Waals surface area contributed by atoms with Crippen LogP contribution in [0.3, 0.4) is 0 Å². The van der Waals surface area contributed by atoms with Gasteiger partial charge in [0.25, 0.3) is 0 Å². The number of hydrogen-bond acceptors (Lipinski definition) is 5. The molecule has 5 heterocycles. The molecule has 0 aliphatic heterocycles. The average molecular weight is 1300 g/mol. The zero-order valence-electron chi connectivity index (χ0n) is 67.1. The lowest BCUT2D eigenvalue weighted by Gasteiger charge is -2.14. The summed E-state index contributed by atoms with van der Waals surface area (Å²) in [5.74, 6) is 9.56. The van der Waals surface area contributed by atoms with E-state index < -0.39 is 0 Å². The van der Waals surface area contributed by atoms with E-state index in [0.717, 1.165) is 0 Å². The predicted octanol–water partition coefficient (Wildman–Crippen LogP) is 28.4. The van der Waals surface area contributed by atoms with Crippen LogP contribution in [0.4, 0.5) is 0 Å². The molecular formula is C91H139N5. The molecule has 0 bridgehead atoms. The van der Waals surface area contributed by atoms with E-state index in [0.29, 0.717) is 94.7 Å². The normalized spacial score (nSPS) is 11.2. The van der Waals surface area contributed by atoms with Gasteiger partial charge in [-0.05, 0) is 197 Å². The molecule has 3 aromatic carbocycles. The monoisotopic (exact) mass is 1300 g/mol. The first-order chi connectivity index (χ1) is 44.9. The van der Waals surface area contributed by atoms with Gasteiger partial charge in [-0.25, -0.2) is 0 Å². The Balaban J connectivity index is 0.000000549. The molecule has 8 rings (SSSR count). The topological polar surface area (TPSA) is 64.5 Å².